The molecular formula is C18H19F3N2O4S. The number of carbonyl (C=O) groups excluding carboxylic acids is 1. The van der Waals surface area contributed by atoms with Gasteiger partial charge in [-0.3, -0.25) is 9.35 Å². The molecule has 0 radical (unpaired) electrons. The number of benzene rings is 2. The molecular weight excluding hydrogens is 397 g/mol. The maximum atomic E-state index is 12.6. The standard InChI is InChI=1S/C18H19F3N2O4S/c1-12(17(24)23-11-28(25,26)27)22-10-13-2-4-14(5-3-13)15-6-8-16(9-7-15)18(19,20)21/h2-9,12,22H,10-11H2,1H3,(H,23,24)(H,25,26,27)/t12-/m1/s1. The summed E-state index contributed by atoms with van der Waals surface area (Å²) >= 11 is 0. The van der Waals surface area contributed by atoms with Gasteiger partial charge < -0.3 is 10.6 Å². The van der Waals surface area contributed by atoms with Gasteiger partial charge in [-0.1, -0.05) is 36.4 Å². The number of hydrogen-bond donors (Lipinski definition) is 3. The van der Waals surface area contributed by atoms with Gasteiger partial charge in [-0.25, -0.2) is 0 Å². The fraction of sp³-hybridized carbons (Fsp3) is 0.278. The topological polar surface area (TPSA) is 95.5 Å². The van der Waals surface area contributed by atoms with Gasteiger partial charge in [0, 0.05) is 6.54 Å². The van der Waals surface area contributed by atoms with Crippen LogP contribution in [0.3, 0.4) is 0 Å². The Morgan fingerprint density at radius 2 is 1.54 bits per heavy atom. The van der Waals surface area contributed by atoms with Crippen molar-refractivity contribution >= 4 is 16.0 Å². The number of alkyl halides is 3. The van der Waals surface area contributed by atoms with E-state index in [0.717, 1.165) is 23.3 Å². The minimum absolute atomic E-state index is 0.313. The normalized spacial score (nSPS) is 13.2. The van der Waals surface area contributed by atoms with Crippen LogP contribution in [-0.4, -0.2) is 30.8 Å². The quantitative estimate of drug-likeness (QED) is 0.604. The summed E-state index contributed by atoms with van der Waals surface area (Å²) in [5, 5.41) is 4.99. The lowest BCUT2D eigenvalue weighted by Gasteiger charge is -2.14. The van der Waals surface area contributed by atoms with Crippen molar-refractivity contribution in [2.75, 3.05) is 5.88 Å². The Balaban J connectivity index is 1.93. The molecule has 0 heterocycles. The van der Waals surface area contributed by atoms with Crippen molar-refractivity contribution in [1.82, 2.24) is 10.6 Å². The molecule has 0 bridgehead atoms. The van der Waals surface area contributed by atoms with Gasteiger partial charge in [0.25, 0.3) is 10.1 Å². The third-order valence-corrected chi connectivity index (χ3v) is 4.44. The Kier molecular flexibility index (Phi) is 6.81. The van der Waals surface area contributed by atoms with Crippen LogP contribution in [0.1, 0.15) is 18.1 Å². The molecule has 2 aromatic rings. The Bertz CT molecular complexity index is 911. The third kappa shape index (κ3) is 6.63. The highest BCUT2D eigenvalue weighted by atomic mass is 32.2. The summed E-state index contributed by atoms with van der Waals surface area (Å²) in [7, 11) is -4.28. The molecule has 28 heavy (non-hydrogen) atoms. The van der Waals surface area contributed by atoms with Crippen LogP contribution in [0.25, 0.3) is 11.1 Å². The molecule has 0 saturated heterocycles. The van der Waals surface area contributed by atoms with Gasteiger partial charge in [0.2, 0.25) is 5.91 Å². The van der Waals surface area contributed by atoms with Crippen molar-refractivity contribution in [2.24, 2.45) is 0 Å². The van der Waals surface area contributed by atoms with Crippen LogP contribution in [0.2, 0.25) is 0 Å². The Hall–Kier alpha value is -2.43. The average molecular weight is 416 g/mol. The molecule has 10 heteroatoms. The van der Waals surface area contributed by atoms with Crippen LogP contribution >= 0.6 is 0 Å². The van der Waals surface area contributed by atoms with Gasteiger partial charge in [-0.05, 0) is 35.7 Å². The monoisotopic (exact) mass is 416 g/mol. The van der Waals surface area contributed by atoms with Gasteiger partial charge in [-0.2, -0.15) is 21.6 Å². The molecule has 0 aliphatic carbocycles. The second kappa shape index (κ2) is 8.72. The zero-order valence-corrected chi connectivity index (χ0v) is 15.6. The van der Waals surface area contributed by atoms with Crippen LogP contribution in [0.5, 0.6) is 0 Å². The van der Waals surface area contributed by atoms with E-state index >= 15 is 0 Å². The number of amides is 1. The molecule has 2 rings (SSSR count). The maximum Gasteiger partial charge on any atom is 0.416 e. The van der Waals surface area contributed by atoms with E-state index < -0.39 is 39.7 Å². The van der Waals surface area contributed by atoms with Crippen molar-refractivity contribution in [3.8, 4) is 11.1 Å². The van der Waals surface area contributed by atoms with Crippen LogP contribution in [0.15, 0.2) is 48.5 Å². The molecule has 0 unspecified atom stereocenters. The number of hydrogen-bond acceptors (Lipinski definition) is 4. The number of nitrogens with one attached hydrogen (secondary N) is 2. The first kappa shape index (κ1) is 21.9. The zero-order chi connectivity index (χ0) is 20.9. The van der Waals surface area contributed by atoms with Gasteiger partial charge in [0.05, 0.1) is 11.6 Å². The molecule has 0 saturated carbocycles. The Morgan fingerprint density at radius 3 is 2.00 bits per heavy atom. The van der Waals surface area contributed by atoms with E-state index in [4.69, 9.17) is 4.55 Å². The first-order valence-corrected chi connectivity index (χ1v) is 9.79. The molecule has 3 N–H and O–H groups in total. The van der Waals surface area contributed by atoms with Crippen molar-refractivity contribution < 1.29 is 30.9 Å². The van der Waals surface area contributed by atoms with E-state index in [2.05, 4.69) is 10.6 Å². The summed E-state index contributed by atoms with van der Waals surface area (Å²) in [6, 6.07) is 11.2. The van der Waals surface area contributed by atoms with E-state index in [9.17, 15) is 26.4 Å². The average Bonchev–Trinajstić information content (AvgIpc) is 2.63. The molecule has 6 nitrogen and oxygen atoms in total. The predicted octanol–water partition coefficient (Wildman–Crippen LogP) is 2.81. The second-order valence-electron chi connectivity index (χ2n) is 6.14. The SMILES string of the molecule is C[C@@H](NCc1ccc(-c2ccc(C(F)(F)F)cc2)cc1)C(=O)NCS(=O)(=O)O. The highest BCUT2D eigenvalue weighted by Gasteiger charge is 2.29. The molecule has 1 atom stereocenters. The third-order valence-electron chi connectivity index (χ3n) is 3.93. The molecule has 0 fully saturated rings. The molecule has 152 valence electrons. The highest BCUT2D eigenvalue weighted by molar-refractivity contribution is 7.85. The van der Waals surface area contributed by atoms with Crippen molar-refractivity contribution in [1.29, 1.82) is 0 Å². The summed E-state index contributed by atoms with van der Waals surface area (Å²) in [4.78, 5) is 11.7. The van der Waals surface area contributed by atoms with Crippen molar-refractivity contribution in [2.45, 2.75) is 25.7 Å². The maximum absolute atomic E-state index is 12.6. The number of halogens is 3. The fourth-order valence-electron chi connectivity index (χ4n) is 2.35. The van der Waals surface area contributed by atoms with Crippen LogP contribution < -0.4 is 10.6 Å². The van der Waals surface area contributed by atoms with Gasteiger partial charge in [0.15, 0.2) is 0 Å². The van der Waals surface area contributed by atoms with Crippen LogP contribution in [0.4, 0.5) is 13.2 Å². The second-order valence-corrected chi connectivity index (χ2v) is 7.59. The molecule has 0 spiro atoms. The van der Waals surface area contributed by atoms with Gasteiger partial charge >= 0.3 is 6.18 Å². The van der Waals surface area contributed by atoms with E-state index in [1.165, 1.54) is 19.1 Å². The first-order valence-electron chi connectivity index (χ1n) is 8.18. The van der Waals surface area contributed by atoms with Crippen molar-refractivity contribution in [3.63, 3.8) is 0 Å². The first-order chi connectivity index (χ1) is 13.0. The lowest BCUT2D eigenvalue weighted by Crippen LogP contribution is -2.43. The van der Waals surface area contributed by atoms with E-state index in [1.54, 1.807) is 24.3 Å². The summed E-state index contributed by atoms with van der Waals surface area (Å²) < 4.78 is 67.7. The molecule has 2 aromatic carbocycles. The molecule has 0 aromatic heterocycles. The largest absolute Gasteiger partial charge is 0.416 e. The molecule has 0 aliphatic heterocycles. The lowest BCUT2D eigenvalue weighted by atomic mass is 10.0. The molecule has 1 amide bonds. The number of carbonyl (C=O) groups is 1. The summed E-state index contributed by atoms with van der Waals surface area (Å²) in [6.45, 7) is 1.85. The minimum Gasteiger partial charge on any atom is -0.339 e. The minimum atomic E-state index is -4.38. The van der Waals surface area contributed by atoms with E-state index in [-0.39, 0.29) is 0 Å². The Morgan fingerprint density at radius 1 is 1.04 bits per heavy atom. The van der Waals surface area contributed by atoms with Gasteiger partial charge in [-0.15, -0.1) is 0 Å². The number of rotatable bonds is 7. The van der Waals surface area contributed by atoms with Gasteiger partial charge in [0.1, 0.15) is 5.88 Å². The summed E-state index contributed by atoms with van der Waals surface area (Å²) in [5.74, 6) is -1.45. The summed E-state index contributed by atoms with van der Waals surface area (Å²) in [5.41, 5.74) is 1.50. The lowest BCUT2D eigenvalue weighted by molar-refractivity contribution is -0.137. The zero-order valence-electron chi connectivity index (χ0n) is 14.8. The van der Waals surface area contributed by atoms with Crippen LogP contribution in [-0.2, 0) is 27.6 Å². The smallest absolute Gasteiger partial charge is 0.339 e. The van der Waals surface area contributed by atoms with E-state index in [0.29, 0.717) is 12.1 Å². The Labute approximate surface area is 160 Å². The predicted molar refractivity (Wildman–Crippen MR) is 97.7 cm³/mol. The summed E-state index contributed by atoms with van der Waals surface area (Å²) in [6.07, 6.45) is -4.38. The van der Waals surface area contributed by atoms with Crippen LogP contribution in [0, 0.1) is 0 Å². The molecule has 0 aliphatic rings. The van der Waals surface area contributed by atoms with Crippen molar-refractivity contribution in [3.05, 3.63) is 59.7 Å². The fourth-order valence-corrected chi connectivity index (χ4v) is 2.67. The highest BCUT2D eigenvalue weighted by Crippen LogP contribution is 2.31. The van der Waals surface area contributed by atoms with E-state index in [1.807, 2.05) is 0 Å².